The van der Waals surface area contributed by atoms with Crippen LogP contribution in [-0.2, 0) is 23.7 Å². The van der Waals surface area contributed by atoms with Gasteiger partial charge in [-0.15, -0.1) is 0 Å². The average Bonchev–Trinajstić information content (AvgIpc) is 3.57. The zero-order chi connectivity index (χ0) is 32.0. The van der Waals surface area contributed by atoms with Gasteiger partial charge in [0.15, 0.2) is 11.9 Å². The number of hydrogen-bond acceptors (Lipinski definition) is 15. The largest absolute Gasteiger partial charge is 0.467 e. The van der Waals surface area contributed by atoms with Gasteiger partial charge in [0.25, 0.3) is 5.91 Å². The summed E-state index contributed by atoms with van der Waals surface area (Å²) in [5.41, 5.74) is 21.3. The lowest BCUT2D eigenvalue weighted by Gasteiger charge is -2.49. The van der Waals surface area contributed by atoms with Crippen molar-refractivity contribution in [1.29, 1.82) is 0 Å². The number of amides is 1. The van der Waals surface area contributed by atoms with Crippen LogP contribution in [0.3, 0.4) is 0 Å². The first-order valence-corrected chi connectivity index (χ1v) is 15.5. The molecule has 15 N–H and O–H groups in total. The topological polar surface area (TPSA) is 275 Å². The Bertz CT molecular complexity index is 1050. The number of likely N-dealkylation sites (N-methyl/N-ethyl adjacent to an activating group) is 1. The Morgan fingerprint density at radius 2 is 1.73 bits per heavy atom. The number of nitrogens with two attached hydrogens (primary N) is 4. The van der Waals surface area contributed by atoms with E-state index in [4.69, 9.17) is 41.9 Å². The quantitative estimate of drug-likeness (QED) is 0.102. The molecule has 0 bridgehead atoms. The Hall–Kier alpha value is -1.51. The maximum Gasteiger partial charge on any atom is 0.253 e. The molecule has 4 fully saturated rings. The van der Waals surface area contributed by atoms with E-state index in [1.54, 1.807) is 7.05 Å². The van der Waals surface area contributed by atoms with Gasteiger partial charge in [-0.25, -0.2) is 0 Å². The Labute approximate surface area is 257 Å². The van der Waals surface area contributed by atoms with Gasteiger partial charge in [-0.3, -0.25) is 4.79 Å². The molecule has 252 valence electrons. The van der Waals surface area contributed by atoms with Crippen LogP contribution < -0.4 is 38.9 Å². The second-order valence-electron chi connectivity index (χ2n) is 13.5. The van der Waals surface area contributed by atoms with Crippen molar-refractivity contribution in [3.05, 3.63) is 11.8 Å². The second-order valence-corrected chi connectivity index (χ2v) is 13.5. The molecular formula is C28H51N7O9. The molecule has 0 aromatic heterocycles. The minimum atomic E-state index is -1.73. The summed E-state index contributed by atoms with van der Waals surface area (Å²) in [4.78, 5) is 12.9. The molecule has 2 aliphatic heterocycles. The van der Waals surface area contributed by atoms with Gasteiger partial charge in [-0.1, -0.05) is 0 Å². The van der Waals surface area contributed by atoms with Gasteiger partial charge in [0.2, 0.25) is 6.29 Å². The molecule has 0 radical (unpaired) electrons. The minimum Gasteiger partial charge on any atom is -0.467 e. The SMILES string of the molecule is CN[C@@H]1[C@@H](O)[C@@H](O[C@H]2[C@H](NC(=O)C3(O)CC3N)C[C@H](N)C(O[C@H]3OC(CNCC4CC(N)C4)=CC[C@H]3N)[C@@H]2O)OC[C@]1(C)O. The third-order valence-electron chi connectivity index (χ3n) is 9.67. The van der Waals surface area contributed by atoms with Gasteiger partial charge in [-0.2, -0.15) is 0 Å². The minimum absolute atomic E-state index is 0.0785. The van der Waals surface area contributed by atoms with E-state index in [2.05, 4.69) is 16.0 Å². The molecule has 5 rings (SSSR count). The van der Waals surface area contributed by atoms with Crippen molar-refractivity contribution in [1.82, 2.24) is 16.0 Å². The molecule has 3 aliphatic carbocycles. The van der Waals surface area contributed by atoms with Crippen LogP contribution >= 0.6 is 0 Å². The molecule has 13 atom stereocenters. The highest BCUT2D eigenvalue weighted by atomic mass is 16.7. The molecule has 3 saturated carbocycles. The molecule has 0 spiro atoms. The highest BCUT2D eigenvalue weighted by Crippen LogP contribution is 2.36. The molecule has 16 heteroatoms. The number of nitrogens with one attached hydrogen (secondary N) is 3. The second kappa shape index (κ2) is 13.3. The van der Waals surface area contributed by atoms with Gasteiger partial charge in [-0.05, 0) is 58.2 Å². The van der Waals surface area contributed by atoms with Gasteiger partial charge >= 0.3 is 0 Å². The zero-order valence-corrected chi connectivity index (χ0v) is 25.4. The number of rotatable bonds is 11. The fourth-order valence-electron chi connectivity index (χ4n) is 6.70. The van der Waals surface area contributed by atoms with Crippen molar-refractivity contribution in [2.45, 2.75) is 123 Å². The number of aliphatic hydroxyl groups is 4. The summed E-state index contributed by atoms with van der Waals surface area (Å²) >= 11 is 0. The molecule has 44 heavy (non-hydrogen) atoms. The van der Waals surface area contributed by atoms with Crippen molar-refractivity contribution in [2.24, 2.45) is 28.9 Å². The summed E-state index contributed by atoms with van der Waals surface area (Å²) < 4.78 is 24.1. The summed E-state index contributed by atoms with van der Waals surface area (Å²) in [5, 5.41) is 52.8. The summed E-state index contributed by atoms with van der Waals surface area (Å²) in [6.45, 7) is 2.65. The van der Waals surface area contributed by atoms with Crippen LogP contribution in [0.5, 0.6) is 0 Å². The maximum absolute atomic E-state index is 12.9. The predicted octanol–water partition coefficient (Wildman–Crippen LogP) is -4.86. The smallest absolute Gasteiger partial charge is 0.253 e. The number of carbonyl (C=O) groups is 1. The zero-order valence-electron chi connectivity index (χ0n) is 25.4. The standard InChI is InChI=1S/C28H51N7O9/c1-27(39)11-41-25(20(37)23(27)33-2)44-22-17(35-26(38)28(40)8-18(28)32)7-16(31)21(19(22)36)43-24-15(30)4-3-14(42-24)10-34-9-12-5-13(29)6-12/h3,12-13,15-25,33-34,36-37,39-40H,4-11,29-32H2,1-2H3,(H,35,38)/t12?,13?,15-,16+,17-,18?,19+,20-,21?,22+,23-,24-,25-,27+,28?/m1/s1. The van der Waals surface area contributed by atoms with Gasteiger partial charge in [0, 0.05) is 24.5 Å². The van der Waals surface area contributed by atoms with E-state index in [1.807, 2.05) is 6.08 Å². The van der Waals surface area contributed by atoms with Crippen LogP contribution in [-0.4, -0.2) is 138 Å². The molecule has 1 saturated heterocycles. The van der Waals surface area contributed by atoms with E-state index in [9.17, 15) is 25.2 Å². The van der Waals surface area contributed by atoms with Crippen molar-refractivity contribution in [3.8, 4) is 0 Å². The summed E-state index contributed by atoms with van der Waals surface area (Å²) in [5.74, 6) is 0.490. The maximum atomic E-state index is 12.9. The van der Waals surface area contributed by atoms with E-state index < -0.39 is 84.3 Å². The lowest BCUT2D eigenvalue weighted by Crippen LogP contribution is -2.69. The Morgan fingerprint density at radius 3 is 2.36 bits per heavy atom. The molecule has 2 heterocycles. The third kappa shape index (κ3) is 7.07. The monoisotopic (exact) mass is 629 g/mol. The van der Waals surface area contributed by atoms with Crippen LogP contribution in [0.15, 0.2) is 11.8 Å². The molecular weight excluding hydrogens is 578 g/mol. The van der Waals surface area contributed by atoms with Gasteiger partial charge < -0.3 is 78.3 Å². The van der Waals surface area contributed by atoms with Crippen LogP contribution in [0.25, 0.3) is 0 Å². The fraction of sp³-hybridized carbons (Fsp3) is 0.893. The molecule has 1 amide bonds. The Morgan fingerprint density at radius 1 is 1.05 bits per heavy atom. The normalized spacial score (nSPS) is 49.0. The van der Waals surface area contributed by atoms with Gasteiger partial charge in [0.05, 0.1) is 31.3 Å². The molecule has 0 aromatic carbocycles. The number of aliphatic hydroxyl groups excluding tert-OH is 2. The Kier molecular flexibility index (Phi) is 10.2. The van der Waals surface area contributed by atoms with Gasteiger partial charge in [0.1, 0.15) is 35.8 Å². The Balaban J connectivity index is 1.27. The van der Waals surface area contributed by atoms with Crippen molar-refractivity contribution >= 4 is 5.91 Å². The van der Waals surface area contributed by atoms with Crippen LogP contribution in [0.1, 0.15) is 39.0 Å². The first kappa shape index (κ1) is 33.8. The van der Waals surface area contributed by atoms with Crippen LogP contribution in [0.4, 0.5) is 0 Å². The molecule has 16 nitrogen and oxygen atoms in total. The van der Waals surface area contributed by atoms with E-state index in [0.717, 1.165) is 19.4 Å². The first-order valence-electron chi connectivity index (χ1n) is 15.5. The number of hydrogen-bond donors (Lipinski definition) is 11. The molecule has 0 aromatic rings. The lowest BCUT2D eigenvalue weighted by atomic mass is 9.81. The van der Waals surface area contributed by atoms with E-state index >= 15 is 0 Å². The third-order valence-corrected chi connectivity index (χ3v) is 9.67. The van der Waals surface area contributed by atoms with Crippen LogP contribution in [0, 0.1) is 5.92 Å². The molecule has 5 aliphatic rings. The highest BCUT2D eigenvalue weighted by molar-refractivity contribution is 5.89. The number of carbonyl (C=O) groups excluding carboxylic acids is 1. The van der Waals surface area contributed by atoms with E-state index in [-0.39, 0.29) is 25.5 Å². The summed E-state index contributed by atoms with van der Waals surface area (Å²) in [6.07, 6.45) is -2.67. The summed E-state index contributed by atoms with van der Waals surface area (Å²) in [7, 11) is 1.58. The van der Waals surface area contributed by atoms with E-state index in [0.29, 0.717) is 24.6 Å². The first-order chi connectivity index (χ1) is 20.7. The van der Waals surface area contributed by atoms with E-state index in [1.165, 1.54) is 6.92 Å². The van der Waals surface area contributed by atoms with Crippen molar-refractivity contribution in [3.63, 3.8) is 0 Å². The van der Waals surface area contributed by atoms with Crippen molar-refractivity contribution < 1.29 is 44.2 Å². The lowest BCUT2D eigenvalue weighted by molar-refractivity contribution is -0.304. The predicted molar refractivity (Wildman–Crippen MR) is 156 cm³/mol. The molecule has 3 unspecified atom stereocenters. The summed E-state index contributed by atoms with van der Waals surface area (Å²) in [6, 6.07) is -3.49. The highest BCUT2D eigenvalue weighted by Gasteiger charge is 2.59. The van der Waals surface area contributed by atoms with Crippen molar-refractivity contribution in [2.75, 3.05) is 26.7 Å². The fourth-order valence-corrected chi connectivity index (χ4v) is 6.70. The number of ether oxygens (including phenoxy) is 4. The average molecular weight is 630 g/mol. The van der Waals surface area contributed by atoms with Crippen LogP contribution in [0.2, 0.25) is 0 Å².